The average Bonchev–Trinajstić information content (AvgIpc) is 3.19. The van der Waals surface area contributed by atoms with Gasteiger partial charge >= 0.3 is 11.6 Å². The molecule has 2 heterocycles. The molecule has 0 unspecified atom stereocenters. The first-order chi connectivity index (χ1) is 13.4. The number of hydrogen-bond acceptors (Lipinski definition) is 6. The molecule has 0 spiro atoms. The number of amides is 1. The van der Waals surface area contributed by atoms with Crippen LogP contribution < -0.4 is 10.9 Å². The van der Waals surface area contributed by atoms with Gasteiger partial charge in [-0.2, -0.15) is 11.3 Å². The first-order valence-corrected chi connectivity index (χ1v) is 9.95. The van der Waals surface area contributed by atoms with Crippen LogP contribution in [0.1, 0.15) is 34.3 Å². The lowest BCUT2D eigenvalue weighted by Crippen LogP contribution is -2.24. The molecule has 0 aliphatic rings. The number of carbonyl (C=O) groups is 2. The van der Waals surface area contributed by atoms with Crippen molar-refractivity contribution >= 4 is 45.8 Å². The number of esters is 1. The molecule has 0 radical (unpaired) electrons. The Morgan fingerprint density at radius 1 is 1.29 bits per heavy atom. The lowest BCUT2D eigenvalue weighted by Gasteiger charge is -2.09. The number of fused-ring (bicyclic) bond motifs is 1. The summed E-state index contributed by atoms with van der Waals surface area (Å²) in [6.07, 6.45) is 0.612. The van der Waals surface area contributed by atoms with Gasteiger partial charge in [-0.25, -0.2) is 4.79 Å². The van der Waals surface area contributed by atoms with E-state index < -0.39 is 11.6 Å². The number of ether oxygens (including phenoxy) is 1. The summed E-state index contributed by atoms with van der Waals surface area (Å²) in [6, 6.07) is 6.41. The third kappa shape index (κ3) is 4.99. The fourth-order valence-electron chi connectivity index (χ4n) is 2.63. The smallest absolute Gasteiger partial charge is 0.336 e. The van der Waals surface area contributed by atoms with Crippen molar-refractivity contribution in [2.24, 2.45) is 0 Å². The zero-order valence-electron chi connectivity index (χ0n) is 15.1. The molecule has 3 rings (SSSR count). The van der Waals surface area contributed by atoms with Crippen molar-refractivity contribution in [1.82, 2.24) is 5.32 Å². The molecule has 0 aliphatic heterocycles. The highest BCUT2D eigenvalue weighted by molar-refractivity contribution is 7.08. The van der Waals surface area contributed by atoms with Gasteiger partial charge in [0.05, 0.1) is 0 Å². The Balaban J connectivity index is 1.52. The monoisotopic (exact) mass is 419 g/mol. The predicted molar refractivity (Wildman–Crippen MR) is 108 cm³/mol. The van der Waals surface area contributed by atoms with E-state index in [9.17, 15) is 14.4 Å². The van der Waals surface area contributed by atoms with Gasteiger partial charge in [-0.15, -0.1) is 0 Å². The number of hydrogen-bond donors (Lipinski definition) is 1. The van der Waals surface area contributed by atoms with E-state index in [0.29, 0.717) is 40.1 Å². The summed E-state index contributed by atoms with van der Waals surface area (Å²) in [5.74, 6) is -0.575. The molecule has 1 aromatic carbocycles. The van der Waals surface area contributed by atoms with Gasteiger partial charge in [-0.1, -0.05) is 11.6 Å². The van der Waals surface area contributed by atoms with E-state index in [1.165, 1.54) is 17.4 Å². The number of aryl methyl sites for hydroxylation is 1. The second-order valence-corrected chi connectivity index (χ2v) is 7.41. The third-order valence-electron chi connectivity index (χ3n) is 4.12. The number of benzene rings is 1. The molecule has 0 fully saturated rings. The van der Waals surface area contributed by atoms with Crippen LogP contribution in [0.3, 0.4) is 0 Å². The largest absolute Gasteiger partial charge is 0.461 e. The topological polar surface area (TPSA) is 85.6 Å². The maximum Gasteiger partial charge on any atom is 0.336 e. The van der Waals surface area contributed by atoms with Gasteiger partial charge in [0.25, 0.3) is 5.91 Å². The summed E-state index contributed by atoms with van der Waals surface area (Å²) in [5.41, 5.74) is 1.81. The average molecular weight is 420 g/mol. The van der Waals surface area contributed by atoms with Crippen LogP contribution in [0.25, 0.3) is 11.0 Å². The quantitative estimate of drug-likeness (QED) is 0.354. The van der Waals surface area contributed by atoms with Crippen LogP contribution in [-0.4, -0.2) is 18.4 Å². The van der Waals surface area contributed by atoms with Crippen LogP contribution in [0.5, 0.6) is 0 Å². The van der Waals surface area contributed by atoms with E-state index in [2.05, 4.69) is 5.32 Å². The second kappa shape index (κ2) is 9.03. The summed E-state index contributed by atoms with van der Waals surface area (Å²) in [7, 11) is 0. The van der Waals surface area contributed by atoms with Crippen molar-refractivity contribution in [2.75, 3.05) is 6.54 Å². The Morgan fingerprint density at radius 2 is 2.11 bits per heavy atom. The van der Waals surface area contributed by atoms with Gasteiger partial charge in [0.1, 0.15) is 12.2 Å². The molecule has 146 valence electrons. The summed E-state index contributed by atoms with van der Waals surface area (Å²) < 4.78 is 10.5. The van der Waals surface area contributed by atoms with Crippen LogP contribution in [0.4, 0.5) is 0 Å². The Labute approximate surface area is 170 Å². The highest BCUT2D eigenvalue weighted by Gasteiger charge is 2.11. The number of carbonyl (C=O) groups excluding carboxylic acids is 2. The van der Waals surface area contributed by atoms with Crippen molar-refractivity contribution in [2.45, 2.75) is 26.4 Å². The SMILES string of the molecule is Cc1cc2oc(=O)cc(COC(=O)CCCNC(=O)c3ccsc3)c2cc1Cl. The first kappa shape index (κ1) is 20.1. The van der Waals surface area contributed by atoms with Gasteiger partial charge in [-0.3, -0.25) is 9.59 Å². The van der Waals surface area contributed by atoms with E-state index >= 15 is 0 Å². The lowest BCUT2D eigenvalue weighted by molar-refractivity contribution is -0.145. The molecular formula is C20H18ClNO5S. The summed E-state index contributed by atoms with van der Waals surface area (Å²) in [5, 5.41) is 7.51. The molecule has 8 heteroatoms. The fraction of sp³-hybridized carbons (Fsp3) is 0.250. The molecule has 28 heavy (non-hydrogen) atoms. The minimum atomic E-state index is -0.517. The number of nitrogens with one attached hydrogen (secondary N) is 1. The molecule has 6 nitrogen and oxygen atoms in total. The minimum Gasteiger partial charge on any atom is -0.461 e. The maximum atomic E-state index is 12.0. The zero-order valence-corrected chi connectivity index (χ0v) is 16.7. The number of rotatable bonds is 7. The van der Waals surface area contributed by atoms with Crippen LogP contribution >= 0.6 is 22.9 Å². The second-order valence-electron chi connectivity index (χ2n) is 6.22. The molecule has 0 saturated heterocycles. The normalized spacial score (nSPS) is 10.8. The molecule has 0 bridgehead atoms. The van der Waals surface area contributed by atoms with Gasteiger partial charge < -0.3 is 14.5 Å². The molecule has 0 saturated carbocycles. The zero-order chi connectivity index (χ0) is 20.1. The van der Waals surface area contributed by atoms with Gasteiger partial charge in [0.15, 0.2) is 0 Å². The van der Waals surface area contributed by atoms with Crippen molar-refractivity contribution in [3.8, 4) is 0 Å². The van der Waals surface area contributed by atoms with E-state index in [4.69, 9.17) is 20.8 Å². The van der Waals surface area contributed by atoms with E-state index in [-0.39, 0.29) is 18.9 Å². The molecule has 1 amide bonds. The van der Waals surface area contributed by atoms with Crippen molar-refractivity contribution in [3.63, 3.8) is 0 Å². The summed E-state index contributed by atoms with van der Waals surface area (Å²) >= 11 is 7.60. The molecule has 0 atom stereocenters. The Bertz CT molecular complexity index is 1060. The minimum absolute atomic E-state index is 0.0540. The number of thiophene rings is 1. The third-order valence-corrected chi connectivity index (χ3v) is 5.22. The first-order valence-electron chi connectivity index (χ1n) is 8.63. The molecule has 3 aromatic rings. The fourth-order valence-corrected chi connectivity index (χ4v) is 3.43. The van der Waals surface area contributed by atoms with Crippen molar-refractivity contribution in [3.05, 3.63) is 67.2 Å². The lowest BCUT2D eigenvalue weighted by atomic mass is 10.1. The van der Waals surface area contributed by atoms with Gasteiger partial charge in [0.2, 0.25) is 0 Å². The maximum absolute atomic E-state index is 12.0. The van der Waals surface area contributed by atoms with E-state index in [1.54, 1.807) is 23.6 Å². The molecule has 2 aromatic heterocycles. The highest BCUT2D eigenvalue weighted by Crippen LogP contribution is 2.25. The molecule has 0 aliphatic carbocycles. The van der Waals surface area contributed by atoms with E-state index in [1.807, 2.05) is 12.3 Å². The van der Waals surface area contributed by atoms with Crippen molar-refractivity contribution in [1.29, 1.82) is 0 Å². The Kier molecular flexibility index (Phi) is 6.49. The van der Waals surface area contributed by atoms with Crippen molar-refractivity contribution < 1.29 is 18.7 Å². The summed E-state index contributed by atoms with van der Waals surface area (Å²) in [6.45, 7) is 2.13. The number of halogens is 1. The van der Waals surface area contributed by atoms with Crippen LogP contribution in [0, 0.1) is 6.92 Å². The molecule has 1 N–H and O–H groups in total. The Hall–Kier alpha value is -2.64. The molecular weight excluding hydrogens is 402 g/mol. The van der Waals surface area contributed by atoms with Crippen LogP contribution in [0.15, 0.2) is 44.2 Å². The standard InChI is InChI=1S/C20H18ClNO5S/c1-12-7-17-15(9-16(12)21)14(8-19(24)27-17)10-26-18(23)3-2-5-22-20(25)13-4-6-28-11-13/h4,6-9,11H,2-3,5,10H2,1H3,(H,22,25). The summed E-state index contributed by atoms with van der Waals surface area (Å²) in [4.78, 5) is 35.5. The highest BCUT2D eigenvalue weighted by atomic mass is 35.5. The Morgan fingerprint density at radius 3 is 2.86 bits per heavy atom. The van der Waals surface area contributed by atoms with Crippen LogP contribution in [0.2, 0.25) is 5.02 Å². The van der Waals surface area contributed by atoms with E-state index in [0.717, 1.165) is 5.56 Å². The van der Waals surface area contributed by atoms with Gasteiger partial charge in [0, 0.05) is 45.9 Å². The van der Waals surface area contributed by atoms with Gasteiger partial charge in [-0.05, 0) is 42.5 Å². The predicted octanol–water partition coefficient (Wildman–Crippen LogP) is 4.07. The van der Waals surface area contributed by atoms with Crippen LogP contribution in [-0.2, 0) is 16.1 Å².